The fourth-order valence-corrected chi connectivity index (χ4v) is 2.91. The molecule has 1 unspecified atom stereocenters. The second-order valence-electron chi connectivity index (χ2n) is 6.13. The zero-order valence-corrected chi connectivity index (χ0v) is 13.5. The Kier molecular flexibility index (Phi) is 4.73. The summed E-state index contributed by atoms with van der Waals surface area (Å²) in [5.74, 6) is 0.0108. The minimum Gasteiger partial charge on any atom is -0.399 e. The quantitative estimate of drug-likeness (QED) is 0.854. The van der Waals surface area contributed by atoms with Gasteiger partial charge in [0.25, 0.3) is 5.91 Å². The van der Waals surface area contributed by atoms with Gasteiger partial charge in [-0.3, -0.25) is 4.79 Å². The third-order valence-electron chi connectivity index (χ3n) is 4.23. The predicted octanol–water partition coefficient (Wildman–Crippen LogP) is 1.50. The maximum Gasteiger partial charge on any atom is 0.255 e. The SMILES string of the molecule is CN(C)C(=O)c1ccc(N)cc1N(C)CC1CCCN1C. The van der Waals surface area contributed by atoms with Crippen molar-refractivity contribution in [3.63, 3.8) is 0 Å². The van der Waals surface area contributed by atoms with E-state index in [0.29, 0.717) is 17.3 Å². The second-order valence-corrected chi connectivity index (χ2v) is 6.13. The average molecular weight is 290 g/mol. The third kappa shape index (κ3) is 3.47. The Labute approximate surface area is 127 Å². The minimum atomic E-state index is 0.0108. The Bertz CT molecular complexity index is 515. The van der Waals surface area contributed by atoms with Crippen molar-refractivity contribution in [3.8, 4) is 0 Å². The van der Waals surface area contributed by atoms with Crippen molar-refractivity contribution in [1.82, 2.24) is 9.80 Å². The first-order chi connectivity index (χ1) is 9.90. The number of anilines is 2. The third-order valence-corrected chi connectivity index (χ3v) is 4.23. The van der Waals surface area contributed by atoms with E-state index >= 15 is 0 Å². The van der Waals surface area contributed by atoms with Gasteiger partial charge in [-0.05, 0) is 44.6 Å². The molecule has 1 amide bonds. The van der Waals surface area contributed by atoms with Crippen LogP contribution in [0.1, 0.15) is 23.2 Å². The van der Waals surface area contributed by atoms with E-state index < -0.39 is 0 Å². The first-order valence-corrected chi connectivity index (χ1v) is 7.42. The van der Waals surface area contributed by atoms with Crippen LogP contribution in [0.2, 0.25) is 0 Å². The molecular weight excluding hydrogens is 264 g/mol. The van der Waals surface area contributed by atoms with E-state index in [-0.39, 0.29) is 5.91 Å². The van der Waals surface area contributed by atoms with Crippen LogP contribution in [-0.2, 0) is 0 Å². The van der Waals surface area contributed by atoms with Gasteiger partial charge in [0.1, 0.15) is 0 Å². The van der Waals surface area contributed by atoms with Crippen molar-refractivity contribution >= 4 is 17.3 Å². The molecule has 0 aromatic heterocycles. The molecular formula is C16H26N4O. The number of rotatable bonds is 4. The predicted molar refractivity (Wildman–Crippen MR) is 87.8 cm³/mol. The summed E-state index contributed by atoms with van der Waals surface area (Å²) in [6.45, 7) is 2.06. The lowest BCUT2D eigenvalue weighted by molar-refractivity contribution is 0.0828. The van der Waals surface area contributed by atoms with Gasteiger partial charge in [0, 0.05) is 39.4 Å². The summed E-state index contributed by atoms with van der Waals surface area (Å²) in [6, 6.07) is 6.04. The second kappa shape index (κ2) is 6.35. The lowest BCUT2D eigenvalue weighted by Gasteiger charge is -2.29. The highest BCUT2D eigenvalue weighted by Gasteiger charge is 2.24. The molecule has 0 radical (unpaired) electrons. The van der Waals surface area contributed by atoms with Gasteiger partial charge in [0.15, 0.2) is 0 Å². The van der Waals surface area contributed by atoms with Crippen molar-refractivity contribution in [3.05, 3.63) is 23.8 Å². The van der Waals surface area contributed by atoms with Crippen molar-refractivity contribution in [1.29, 1.82) is 0 Å². The Morgan fingerprint density at radius 3 is 2.67 bits per heavy atom. The molecule has 2 rings (SSSR count). The standard InChI is InChI=1S/C16H26N4O/c1-18(2)16(21)14-8-7-12(17)10-15(14)20(4)11-13-6-5-9-19(13)3/h7-8,10,13H,5-6,9,11,17H2,1-4H3. The first kappa shape index (κ1) is 15.6. The number of nitrogens with two attached hydrogens (primary N) is 1. The molecule has 116 valence electrons. The zero-order valence-electron chi connectivity index (χ0n) is 13.5. The monoisotopic (exact) mass is 290 g/mol. The summed E-state index contributed by atoms with van der Waals surface area (Å²) < 4.78 is 0. The molecule has 5 heteroatoms. The fraction of sp³-hybridized carbons (Fsp3) is 0.562. The molecule has 21 heavy (non-hydrogen) atoms. The number of benzene rings is 1. The van der Waals surface area contributed by atoms with E-state index in [2.05, 4.69) is 16.8 Å². The summed E-state index contributed by atoms with van der Waals surface area (Å²) in [7, 11) is 7.74. The van der Waals surface area contributed by atoms with Crippen LogP contribution in [0, 0.1) is 0 Å². The lowest BCUT2D eigenvalue weighted by Crippen LogP contribution is -2.37. The Hall–Kier alpha value is -1.75. The molecule has 1 aromatic rings. The van der Waals surface area contributed by atoms with Crippen LogP contribution in [0.4, 0.5) is 11.4 Å². The van der Waals surface area contributed by atoms with Gasteiger partial charge >= 0.3 is 0 Å². The van der Waals surface area contributed by atoms with Crippen LogP contribution in [0.15, 0.2) is 18.2 Å². The first-order valence-electron chi connectivity index (χ1n) is 7.42. The van der Waals surface area contributed by atoms with E-state index in [4.69, 9.17) is 5.73 Å². The fourth-order valence-electron chi connectivity index (χ4n) is 2.91. The van der Waals surface area contributed by atoms with Crippen molar-refractivity contribution < 1.29 is 4.79 Å². The lowest BCUT2D eigenvalue weighted by atomic mass is 10.1. The van der Waals surface area contributed by atoms with Crippen LogP contribution in [-0.4, -0.2) is 63.0 Å². The molecule has 5 nitrogen and oxygen atoms in total. The normalized spacial score (nSPS) is 18.8. The van der Waals surface area contributed by atoms with Crippen molar-refractivity contribution in [2.24, 2.45) is 0 Å². The molecule has 0 bridgehead atoms. The number of likely N-dealkylation sites (tertiary alicyclic amines) is 1. The minimum absolute atomic E-state index is 0.0108. The molecule has 2 N–H and O–H groups in total. The summed E-state index contributed by atoms with van der Waals surface area (Å²) in [5.41, 5.74) is 8.22. The van der Waals surface area contributed by atoms with Gasteiger partial charge in [0.05, 0.1) is 11.3 Å². The average Bonchev–Trinajstić information content (AvgIpc) is 2.83. The van der Waals surface area contributed by atoms with Crippen molar-refractivity contribution in [2.45, 2.75) is 18.9 Å². The Morgan fingerprint density at radius 1 is 1.38 bits per heavy atom. The van der Waals surface area contributed by atoms with Gasteiger partial charge in [0.2, 0.25) is 0 Å². The summed E-state index contributed by atoms with van der Waals surface area (Å²) in [6.07, 6.45) is 2.45. The number of nitrogens with zero attached hydrogens (tertiary/aromatic N) is 3. The van der Waals surface area contributed by atoms with E-state index in [1.807, 2.05) is 19.2 Å². The van der Waals surface area contributed by atoms with Gasteiger partial charge in [-0.2, -0.15) is 0 Å². The van der Waals surface area contributed by atoms with Crippen LogP contribution in [0.5, 0.6) is 0 Å². The number of carbonyl (C=O) groups is 1. The highest BCUT2D eigenvalue weighted by atomic mass is 16.2. The number of hydrogen-bond acceptors (Lipinski definition) is 4. The maximum atomic E-state index is 12.3. The molecule has 0 saturated carbocycles. The van der Waals surface area contributed by atoms with Gasteiger partial charge < -0.3 is 20.4 Å². The molecule has 1 fully saturated rings. The number of hydrogen-bond donors (Lipinski definition) is 1. The largest absolute Gasteiger partial charge is 0.399 e. The molecule has 1 aromatic carbocycles. The molecule has 0 aliphatic carbocycles. The smallest absolute Gasteiger partial charge is 0.255 e. The highest BCUT2D eigenvalue weighted by Crippen LogP contribution is 2.26. The molecule has 1 heterocycles. The Morgan fingerprint density at radius 2 is 2.10 bits per heavy atom. The highest BCUT2D eigenvalue weighted by molar-refractivity contribution is 6.00. The van der Waals surface area contributed by atoms with Crippen LogP contribution >= 0.6 is 0 Å². The van der Waals surface area contributed by atoms with Crippen LogP contribution in [0.3, 0.4) is 0 Å². The summed E-state index contributed by atoms with van der Waals surface area (Å²) >= 11 is 0. The zero-order chi connectivity index (χ0) is 15.6. The molecule has 1 aliphatic rings. The van der Waals surface area contributed by atoms with Crippen LogP contribution in [0.25, 0.3) is 0 Å². The molecule has 0 spiro atoms. The number of carbonyl (C=O) groups excluding carboxylic acids is 1. The number of amides is 1. The van der Waals surface area contributed by atoms with E-state index in [1.54, 1.807) is 25.1 Å². The summed E-state index contributed by atoms with van der Waals surface area (Å²) in [4.78, 5) is 18.5. The van der Waals surface area contributed by atoms with Crippen LogP contribution < -0.4 is 10.6 Å². The number of likely N-dealkylation sites (N-methyl/N-ethyl adjacent to an activating group) is 2. The maximum absolute atomic E-state index is 12.3. The van der Waals surface area contributed by atoms with Gasteiger partial charge in [-0.25, -0.2) is 0 Å². The number of nitrogen functional groups attached to an aromatic ring is 1. The van der Waals surface area contributed by atoms with Crippen molar-refractivity contribution in [2.75, 3.05) is 51.9 Å². The summed E-state index contributed by atoms with van der Waals surface area (Å²) in [5, 5.41) is 0. The van der Waals surface area contributed by atoms with E-state index in [0.717, 1.165) is 18.8 Å². The topological polar surface area (TPSA) is 52.8 Å². The molecule has 1 saturated heterocycles. The Balaban J connectivity index is 2.24. The molecule has 1 aliphatic heterocycles. The van der Waals surface area contributed by atoms with Gasteiger partial charge in [-0.15, -0.1) is 0 Å². The van der Waals surface area contributed by atoms with E-state index in [1.165, 1.54) is 12.8 Å². The molecule has 1 atom stereocenters. The van der Waals surface area contributed by atoms with E-state index in [9.17, 15) is 4.79 Å². The van der Waals surface area contributed by atoms with Gasteiger partial charge in [-0.1, -0.05) is 0 Å².